The van der Waals surface area contributed by atoms with E-state index in [9.17, 15) is 14.7 Å². The zero-order valence-corrected chi connectivity index (χ0v) is 11.4. The Morgan fingerprint density at radius 3 is 2.75 bits per heavy atom. The highest BCUT2D eigenvalue weighted by Gasteiger charge is 2.63. The molecule has 7 heteroatoms. The fourth-order valence-corrected chi connectivity index (χ4v) is 2.68. The van der Waals surface area contributed by atoms with Gasteiger partial charge in [-0.2, -0.15) is 0 Å². The summed E-state index contributed by atoms with van der Waals surface area (Å²) in [6.07, 6.45) is 0.340. The Balaban J connectivity index is 1.84. The molecule has 0 aromatic heterocycles. The van der Waals surface area contributed by atoms with Crippen LogP contribution in [0.4, 0.5) is 5.69 Å². The highest BCUT2D eigenvalue weighted by atomic mass is 35.5. The van der Waals surface area contributed by atoms with Crippen LogP contribution in [0.2, 0.25) is 5.02 Å². The number of rotatable bonds is 3. The van der Waals surface area contributed by atoms with Gasteiger partial charge >= 0.3 is 5.97 Å². The fourth-order valence-electron chi connectivity index (χ4n) is 2.42. The number of nitrogens with one attached hydrogen (secondary N) is 1. The number of benzene rings is 1. The number of carboxylic acid groups (broad SMARTS) is 1. The van der Waals surface area contributed by atoms with E-state index >= 15 is 0 Å². The first kappa shape index (κ1) is 13.1. The molecule has 0 radical (unpaired) electrons. The monoisotopic (exact) mass is 297 g/mol. The number of carbonyl (C=O) groups excluding carboxylic acids is 1. The van der Waals surface area contributed by atoms with E-state index in [1.807, 2.05) is 0 Å². The topological polar surface area (TPSA) is 84.9 Å². The largest absolute Gasteiger partial charge is 0.480 e. The zero-order valence-electron chi connectivity index (χ0n) is 10.6. The van der Waals surface area contributed by atoms with Gasteiger partial charge in [0.05, 0.1) is 5.02 Å². The lowest BCUT2D eigenvalue weighted by molar-refractivity contribution is -0.148. The van der Waals surface area contributed by atoms with Crippen molar-refractivity contribution >= 4 is 29.2 Å². The molecule has 2 aliphatic rings. The molecule has 0 saturated heterocycles. The lowest BCUT2D eigenvalue weighted by atomic mass is 10.0. The number of anilines is 1. The first-order valence-corrected chi connectivity index (χ1v) is 6.47. The Kier molecular flexibility index (Phi) is 2.79. The van der Waals surface area contributed by atoms with Crippen molar-refractivity contribution in [2.45, 2.75) is 13.3 Å². The normalized spacial score (nSPS) is 26.2. The third-order valence-corrected chi connectivity index (χ3v) is 4.06. The Hall–Kier alpha value is -1.95. The Labute approximate surface area is 119 Å². The molecule has 6 nitrogen and oxygen atoms in total. The third-order valence-electron chi connectivity index (χ3n) is 3.78. The van der Waals surface area contributed by atoms with Crippen LogP contribution in [0.3, 0.4) is 0 Å². The molecule has 1 amide bonds. The van der Waals surface area contributed by atoms with Crippen LogP contribution in [-0.4, -0.2) is 23.8 Å². The van der Waals surface area contributed by atoms with Crippen molar-refractivity contribution in [3.63, 3.8) is 0 Å². The lowest BCUT2D eigenvalue weighted by Gasteiger charge is -2.12. The van der Waals surface area contributed by atoms with Crippen LogP contribution in [-0.2, 0) is 9.59 Å². The second-order valence-corrected chi connectivity index (χ2v) is 5.43. The molecular weight excluding hydrogens is 286 g/mol. The number of halogens is 1. The number of amides is 1. The molecule has 2 atom stereocenters. The standard InChI is InChI=1S/C13H12ClNO5/c1-6-4-13(6,12(17)18)11(16)15-7-2-8(14)10-9(3-7)19-5-20-10/h2-3,6H,4-5H2,1H3,(H,15,16)(H,17,18)/t6-,13+/m1/s1. The van der Waals surface area contributed by atoms with Crippen LogP contribution in [0.25, 0.3) is 0 Å². The van der Waals surface area contributed by atoms with Crippen molar-refractivity contribution < 1.29 is 24.2 Å². The summed E-state index contributed by atoms with van der Waals surface area (Å²) in [5.74, 6) is -0.954. The van der Waals surface area contributed by atoms with E-state index in [4.69, 9.17) is 21.1 Å². The van der Waals surface area contributed by atoms with Crippen LogP contribution in [0.5, 0.6) is 11.5 Å². The van der Waals surface area contributed by atoms with Gasteiger partial charge in [0.2, 0.25) is 12.7 Å². The Bertz CT molecular complexity index is 617. The Morgan fingerprint density at radius 1 is 1.45 bits per heavy atom. The van der Waals surface area contributed by atoms with Gasteiger partial charge in [0, 0.05) is 11.8 Å². The summed E-state index contributed by atoms with van der Waals surface area (Å²) < 4.78 is 10.4. The maximum Gasteiger partial charge on any atom is 0.319 e. The van der Waals surface area contributed by atoms with Gasteiger partial charge in [0.1, 0.15) is 5.41 Å². The van der Waals surface area contributed by atoms with Crippen LogP contribution in [0, 0.1) is 11.3 Å². The van der Waals surface area contributed by atoms with Gasteiger partial charge in [-0.1, -0.05) is 18.5 Å². The molecule has 2 N–H and O–H groups in total. The van der Waals surface area contributed by atoms with Gasteiger partial charge in [-0.15, -0.1) is 0 Å². The fraction of sp³-hybridized carbons (Fsp3) is 0.385. The van der Waals surface area contributed by atoms with E-state index < -0.39 is 17.3 Å². The molecule has 1 aliphatic heterocycles. The van der Waals surface area contributed by atoms with Gasteiger partial charge < -0.3 is 19.9 Å². The molecule has 3 rings (SSSR count). The SMILES string of the molecule is C[C@@H]1C[C@@]1(C(=O)O)C(=O)Nc1cc(Cl)c2c(c1)OCO2. The minimum Gasteiger partial charge on any atom is -0.480 e. The van der Waals surface area contributed by atoms with Crippen molar-refractivity contribution in [2.75, 3.05) is 12.1 Å². The van der Waals surface area contributed by atoms with E-state index in [2.05, 4.69) is 5.32 Å². The second-order valence-electron chi connectivity index (χ2n) is 5.03. The van der Waals surface area contributed by atoms with E-state index in [1.54, 1.807) is 13.0 Å². The number of carbonyl (C=O) groups is 2. The first-order chi connectivity index (χ1) is 9.45. The van der Waals surface area contributed by atoms with Gasteiger partial charge in [-0.05, 0) is 18.4 Å². The molecule has 1 aromatic carbocycles. The maximum absolute atomic E-state index is 12.2. The number of ether oxygens (including phenoxy) is 2. The first-order valence-electron chi connectivity index (χ1n) is 6.09. The number of carboxylic acids is 1. The molecule has 0 unspecified atom stereocenters. The minimum atomic E-state index is -1.33. The van der Waals surface area contributed by atoms with Gasteiger partial charge in [-0.25, -0.2) is 0 Å². The van der Waals surface area contributed by atoms with Crippen LogP contribution < -0.4 is 14.8 Å². The molecule has 1 heterocycles. The van der Waals surface area contributed by atoms with E-state index in [-0.39, 0.29) is 12.7 Å². The number of hydrogen-bond donors (Lipinski definition) is 2. The average molecular weight is 298 g/mol. The van der Waals surface area contributed by atoms with E-state index in [0.717, 1.165) is 0 Å². The quantitative estimate of drug-likeness (QED) is 0.835. The lowest BCUT2D eigenvalue weighted by Crippen LogP contribution is -2.32. The highest BCUT2D eigenvalue weighted by Crippen LogP contribution is 2.53. The summed E-state index contributed by atoms with van der Waals surface area (Å²) in [6, 6.07) is 3.07. The van der Waals surface area contributed by atoms with Crippen LogP contribution >= 0.6 is 11.6 Å². The van der Waals surface area contributed by atoms with Gasteiger partial charge in [-0.3, -0.25) is 9.59 Å². The summed E-state index contributed by atoms with van der Waals surface area (Å²) in [5, 5.41) is 12.1. The summed E-state index contributed by atoms with van der Waals surface area (Å²) in [7, 11) is 0. The van der Waals surface area contributed by atoms with E-state index in [1.165, 1.54) is 6.07 Å². The van der Waals surface area contributed by atoms with Crippen molar-refractivity contribution in [3.8, 4) is 11.5 Å². The molecule has 0 spiro atoms. The number of hydrogen-bond acceptors (Lipinski definition) is 4. The van der Waals surface area contributed by atoms with Crippen molar-refractivity contribution in [2.24, 2.45) is 11.3 Å². The molecule has 0 bridgehead atoms. The molecule has 106 valence electrons. The maximum atomic E-state index is 12.2. The molecule has 1 fully saturated rings. The smallest absolute Gasteiger partial charge is 0.319 e. The average Bonchev–Trinajstić information content (AvgIpc) is 2.83. The second kappa shape index (κ2) is 4.28. The van der Waals surface area contributed by atoms with Gasteiger partial charge in [0.25, 0.3) is 0 Å². The van der Waals surface area contributed by atoms with Crippen molar-refractivity contribution in [1.82, 2.24) is 0 Å². The summed E-state index contributed by atoms with van der Waals surface area (Å²) in [6.45, 7) is 1.81. The molecule has 20 heavy (non-hydrogen) atoms. The molecule has 1 aromatic rings. The molecule has 1 saturated carbocycles. The Morgan fingerprint density at radius 2 is 2.15 bits per heavy atom. The summed E-state index contributed by atoms with van der Waals surface area (Å²) in [5.41, 5.74) is -0.938. The summed E-state index contributed by atoms with van der Waals surface area (Å²) in [4.78, 5) is 23.4. The predicted molar refractivity (Wildman–Crippen MR) is 70.1 cm³/mol. The van der Waals surface area contributed by atoms with E-state index in [0.29, 0.717) is 28.6 Å². The number of aliphatic carboxylic acids is 1. The zero-order chi connectivity index (χ0) is 14.5. The predicted octanol–water partition coefficient (Wildman–Crippen LogP) is 2.12. The van der Waals surface area contributed by atoms with Gasteiger partial charge in [0.15, 0.2) is 11.5 Å². The van der Waals surface area contributed by atoms with Crippen LogP contribution in [0.1, 0.15) is 13.3 Å². The molecule has 1 aliphatic carbocycles. The summed E-state index contributed by atoms with van der Waals surface area (Å²) >= 11 is 6.01. The van der Waals surface area contributed by atoms with Crippen LogP contribution in [0.15, 0.2) is 12.1 Å². The highest BCUT2D eigenvalue weighted by molar-refractivity contribution is 6.32. The third kappa shape index (κ3) is 1.79. The number of fused-ring (bicyclic) bond motifs is 1. The molecular formula is C13H12ClNO5. The van der Waals surface area contributed by atoms with Crippen molar-refractivity contribution in [3.05, 3.63) is 17.2 Å². The minimum absolute atomic E-state index is 0.0720. The van der Waals surface area contributed by atoms with Crippen molar-refractivity contribution in [1.29, 1.82) is 0 Å².